The molecule has 0 unspecified atom stereocenters. The molecule has 0 aromatic heterocycles. The molecule has 88 valence electrons. The van der Waals surface area contributed by atoms with Gasteiger partial charge >= 0.3 is 0 Å². The summed E-state index contributed by atoms with van der Waals surface area (Å²) in [5.74, 6) is 0.305. The molecule has 1 aliphatic rings. The van der Waals surface area contributed by atoms with Gasteiger partial charge in [0.2, 0.25) is 5.91 Å². The minimum absolute atomic E-state index is 0.0915. The molecule has 4 heteroatoms. The van der Waals surface area contributed by atoms with E-state index in [1.54, 1.807) is 4.90 Å². The van der Waals surface area contributed by atoms with Crippen molar-refractivity contribution in [2.45, 2.75) is 32.8 Å². The fourth-order valence-corrected chi connectivity index (χ4v) is 1.64. The number of carbonyl (C=O) groups excluding carboxylic acids is 1. The fourth-order valence-electron chi connectivity index (χ4n) is 1.64. The van der Waals surface area contributed by atoms with Crippen LogP contribution in [0.15, 0.2) is 0 Å². The number of aliphatic hydroxyl groups is 1. The van der Waals surface area contributed by atoms with Crippen molar-refractivity contribution in [2.24, 2.45) is 5.92 Å². The van der Waals surface area contributed by atoms with Gasteiger partial charge in [-0.15, -0.1) is 0 Å². The second-order valence-corrected chi connectivity index (χ2v) is 4.68. The van der Waals surface area contributed by atoms with E-state index in [0.717, 1.165) is 13.0 Å². The number of hydrogen-bond acceptors (Lipinski definition) is 3. The normalized spacial score (nSPS) is 19.1. The van der Waals surface area contributed by atoms with E-state index in [0.29, 0.717) is 19.6 Å². The van der Waals surface area contributed by atoms with Crippen molar-refractivity contribution in [1.82, 2.24) is 10.2 Å². The number of amides is 1. The van der Waals surface area contributed by atoms with Crippen LogP contribution in [-0.4, -0.2) is 47.7 Å². The van der Waals surface area contributed by atoms with E-state index in [4.69, 9.17) is 0 Å². The Labute approximate surface area is 91.6 Å². The smallest absolute Gasteiger partial charge is 0.236 e. The van der Waals surface area contributed by atoms with E-state index in [1.807, 2.05) is 13.8 Å². The number of hydrogen-bond donors (Lipinski definition) is 2. The Morgan fingerprint density at radius 3 is 2.60 bits per heavy atom. The number of nitrogens with zero attached hydrogens (tertiary/aromatic N) is 1. The average Bonchev–Trinajstić information content (AvgIpc) is 2.12. The zero-order valence-electron chi connectivity index (χ0n) is 9.92. The Morgan fingerprint density at radius 1 is 1.53 bits per heavy atom. The highest BCUT2D eigenvalue weighted by Crippen LogP contribution is 2.28. The van der Waals surface area contributed by atoms with Gasteiger partial charge in [-0.2, -0.15) is 0 Å². The van der Waals surface area contributed by atoms with Crippen molar-refractivity contribution < 1.29 is 9.90 Å². The molecule has 1 fully saturated rings. The first-order valence-corrected chi connectivity index (χ1v) is 5.70. The van der Waals surface area contributed by atoms with Crippen molar-refractivity contribution in [3.8, 4) is 0 Å². The first-order chi connectivity index (χ1) is 6.99. The first kappa shape index (κ1) is 12.5. The Morgan fingerprint density at radius 2 is 2.13 bits per heavy atom. The molecule has 1 heterocycles. The van der Waals surface area contributed by atoms with Gasteiger partial charge in [-0.05, 0) is 18.9 Å². The quantitative estimate of drug-likeness (QED) is 0.644. The zero-order chi connectivity index (χ0) is 11.5. The van der Waals surface area contributed by atoms with Gasteiger partial charge in [0.1, 0.15) is 5.60 Å². The minimum atomic E-state index is -0.652. The number of nitrogens with one attached hydrogen (secondary N) is 1. The molecule has 15 heavy (non-hydrogen) atoms. The third-order valence-electron chi connectivity index (χ3n) is 3.06. The van der Waals surface area contributed by atoms with Gasteiger partial charge in [-0.25, -0.2) is 0 Å². The molecule has 1 amide bonds. The van der Waals surface area contributed by atoms with Crippen LogP contribution >= 0.6 is 0 Å². The van der Waals surface area contributed by atoms with Crippen LogP contribution in [0.25, 0.3) is 0 Å². The molecule has 2 N–H and O–H groups in total. The Kier molecular flexibility index (Phi) is 4.11. The molecule has 0 aliphatic carbocycles. The summed E-state index contributed by atoms with van der Waals surface area (Å²) >= 11 is 0. The number of likely N-dealkylation sites (tertiary alicyclic amines) is 1. The summed E-state index contributed by atoms with van der Waals surface area (Å²) in [5, 5.41) is 13.0. The number of β-amino-alcohol motifs (C(OH)–C–C–N with tert-alkyl or cyclic N) is 1. The Hall–Kier alpha value is -0.610. The van der Waals surface area contributed by atoms with Gasteiger partial charge in [-0.3, -0.25) is 4.79 Å². The van der Waals surface area contributed by atoms with E-state index in [9.17, 15) is 9.90 Å². The van der Waals surface area contributed by atoms with Crippen molar-refractivity contribution in [2.75, 3.05) is 26.2 Å². The van der Waals surface area contributed by atoms with Crippen LogP contribution in [0.4, 0.5) is 0 Å². The van der Waals surface area contributed by atoms with Crippen LogP contribution < -0.4 is 5.32 Å². The van der Waals surface area contributed by atoms with Gasteiger partial charge in [0.05, 0.1) is 19.6 Å². The lowest BCUT2D eigenvalue weighted by Gasteiger charge is -2.49. The summed E-state index contributed by atoms with van der Waals surface area (Å²) in [6, 6.07) is 0. The molecule has 4 nitrogen and oxygen atoms in total. The van der Waals surface area contributed by atoms with E-state index >= 15 is 0 Å². The molecule has 0 saturated carbocycles. The third kappa shape index (κ3) is 2.92. The van der Waals surface area contributed by atoms with Crippen LogP contribution in [0.3, 0.4) is 0 Å². The van der Waals surface area contributed by atoms with E-state index in [-0.39, 0.29) is 11.8 Å². The predicted molar refractivity (Wildman–Crippen MR) is 59.5 cm³/mol. The minimum Gasteiger partial charge on any atom is -0.386 e. The molecule has 1 aliphatic heterocycles. The highest BCUT2D eigenvalue weighted by Gasteiger charge is 2.45. The molecule has 0 radical (unpaired) electrons. The molecule has 1 rings (SSSR count). The third-order valence-corrected chi connectivity index (χ3v) is 3.06. The summed E-state index contributed by atoms with van der Waals surface area (Å²) in [6.45, 7) is 8.26. The highest BCUT2D eigenvalue weighted by atomic mass is 16.3. The number of carbonyl (C=O) groups is 1. The first-order valence-electron chi connectivity index (χ1n) is 5.70. The highest BCUT2D eigenvalue weighted by molar-refractivity contribution is 5.79. The van der Waals surface area contributed by atoms with Crippen LogP contribution in [0.2, 0.25) is 0 Å². The van der Waals surface area contributed by atoms with Gasteiger partial charge in [0, 0.05) is 0 Å². The van der Waals surface area contributed by atoms with Gasteiger partial charge in [0.25, 0.3) is 0 Å². The van der Waals surface area contributed by atoms with Gasteiger partial charge < -0.3 is 15.3 Å². The van der Waals surface area contributed by atoms with Crippen molar-refractivity contribution in [3.05, 3.63) is 0 Å². The Balaban J connectivity index is 2.23. The second kappa shape index (κ2) is 4.94. The maximum absolute atomic E-state index is 11.6. The molecular weight excluding hydrogens is 192 g/mol. The summed E-state index contributed by atoms with van der Waals surface area (Å²) in [7, 11) is 0. The lowest BCUT2D eigenvalue weighted by atomic mass is 9.83. The maximum atomic E-state index is 11.6. The fraction of sp³-hybridized carbons (Fsp3) is 0.909. The SMILES string of the molecule is CCCNCC(=O)N1CC(O)(C(C)C)C1. The van der Waals surface area contributed by atoms with Crippen LogP contribution in [0.5, 0.6) is 0 Å². The second-order valence-electron chi connectivity index (χ2n) is 4.68. The van der Waals surface area contributed by atoms with Crippen LogP contribution in [0.1, 0.15) is 27.2 Å². The maximum Gasteiger partial charge on any atom is 0.236 e. The summed E-state index contributed by atoms with van der Waals surface area (Å²) < 4.78 is 0. The van der Waals surface area contributed by atoms with Crippen molar-refractivity contribution >= 4 is 5.91 Å². The standard InChI is InChI=1S/C11H22N2O2/c1-4-5-12-6-10(14)13-7-11(15,8-13)9(2)3/h9,12,15H,4-8H2,1-3H3. The molecule has 1 saturated heterocycles. The lowest BCUT2D eigenvalue weighted by molar-refractivity contribution is -0.162. The monoisotopic (exact) mass is 214 g/mol. The van der Waals surface area contributed by atoms with Crippen molar-refractivity contribution in [3.63, 3.8) is 0 Å². The molecule has 0 spiro atoms. The zero-order valence-corrected chi connectivity index (χ0v) is 9.92. The molecule has 0 bridgehead atoms. The van der Waals surface area contributed by atoms with Crippen LogP contribution in [-0.2, 0) is 4.79 Å². The van der Waals surface area contributed by atoms with E-state index in [2.05, 4.69) is 12.2 Å². The largest absolute Gasteiger partial charge is 0.386 e. The molecule has 0 aromatic rings. The number of rotatable bonds is 5. The molecule has 0 atom stereocenters. The topological polar surface area (TPSA) is 52.6 Å². The van der Waals surface area contributed by atoms with Crippen molar-refractivity contribution in [1.29, 1.82) is 0 Å². The predicted octanol–water partition coefficient (Wildman–Crippen LogP) is 0.215. The van der Waals surface area contributed by atoms with Gasteiger partial charge in [-0.1, -0.05) is 20.8 Å². The summed E-state index contributed by atoms with van der Waals surface area (Å²) in [5.41, 5.74) is -0.652. The Bertz CT molecular complexity index is 223. The summed E-state index contributed by atoms with van der Waals surface area (Å²) in [6.07, 6.45) is 1.03. The lowest BCUT2D eigenvalue weighted by Crippen LogP contribution is -2.66. The van der Waals surface area contributed by atoms with Gasteiger partial charge in [0.15, 0.2) is 0 Å². The molecular formula is C11H22N2O2. The molecule has 0 aromatic carbocycles. The van der Waals surface area contributed by atoms with E-state index < -0.39 is 5.60 Å². The summed E-state index contributed by atoms with van der Waals surface area (Å²) in [4.78, 5) is 13.3. The van der Waals surface area contributed by atoms with E-state index in [1.165, 1.54) is 0 Å². The van der Waals surface area contributed by atoms with Crippen LogP contribution in [0, 0.1) is 5.92 Å². The average molecular weight is 214 g/mol.